The number of nitrogens with two attached hydrogens (primary N) is 1. The van der Waals surface area contributed by atoms with Crippen molar-refractivity contribution in [3.05, 3.63) is 24.3 Å². The lowest BCUT2D eigenvalue weighted by atomic mass is 10.1. The van der Waals surface area contributed by atoms with Crippen LogP contribution >= 0.6 is 12.4 Å². The maximum atomic E-state index is 12.6. The summed E-state index contributed by atoms with van der Waals surface area (Å²) in [5.74, 6) is -0.117. The first-order valence-electron chi connectivity index (χ1n) is 8.68. The first-order chi connectivity index (χ1) is 12.0. The van der Waals surface area contributed by atoms with E-state index in [0.29, 0.717) is 30.4 Å². The maximum Gasteiger partial charge on any atom is 0.244 e. The molecule has 8 heteroatoms. The van der Waals surface area contributed by atoms with Crippen molar-refractivity contribution in [2.24, 2.45) is 11.7 Å². The number of nitrogens with zero attached hydrogens (tertiary/aromatic N) is 2. The fourth-order valence-corrected chi connectivity index (χ4v) is 3.61. The third kappa shape index (κ3) is 4.16. The first-order valence-corrected chi connectivity index (χ1v) is 8.68. The highest BCUT2D eigenvalue weighted by Gasteiger charge is 2.32. The van der Waals surface area contributed by atoms with Crippen LogP contribution in [0.15, 0.2) is 24.3 Å². The predicted molar refractivity (Wildman–Crippen MR) is 102 cm³/mol. The summed E-state index contributed by atoms with van der Waals surface area (Å²) in [7, 11) is 0. The number of carbonyl (C=O) groups excluding carboxylic acids is 3. The van der Waals surface area contributed by atoms with Crippen molar-refractivity contribution < 1.29 is 14.4 Å². The molecule has 2 aliphatic heterocycles. The van der Waals surface area contributed by atoms with Gasteiger partial charge in [-0.1, -0.05) is 12.1 Å². The number of nitrogens with one attached hydrogen (secondary N) is 1. The standard InChI is InChI=1S/C18H24N4O3.ClH/c1-12-8-13(9-19)10-21(12)17(24)6-7-18(25)22-11-16(23)20-14-4-2-3-5-15(14)22;/h2-5,12-13H,6-11,19H2,1H3,(H,20,23);1H. The molecule has 0 spiro atoms. The minimum absolute atomic E-state index is 0. The van der Waals surface area contributed by atoms with Crippen molar-refractivity contribution in [1.29, 1.82) is 0 Å². The van der Waals surface area contributed by atoms with Crippen LogP contribution in [0.5, 0.6) is 0 Å². The Morgan fingerprint density at radius 1 is 1.23 bits per heavy atom. The van der Waals surface area contributed by atoms with Gasteiger partial charge in [-0.15, -0.1) is 12.4 Å². The van der Waals surface area contributed by atoms with E-state index in [1.165, 1.54) is 4.90 Å². The summed E-state index contributed by atoms with van der Waals surface area (Å²) in [5, 5.41) is 2.75. The molecular formula is C18H25ClN4O3. The Balaban J connectivity index is 0.00000243. The molecule has 142 valence electrons. The lowest BCUT2D eigenvalue weighted by molar-refractivity contribution is -0.133. The molecule has 2 atom stereocenters. The molecule has 0 radical (unpaired) electrons. The Kier molecular flexibility index (Phi) is 6.61. The van der Waals surface area contributed by atoms with Gasteiger partial charge in [0.05, 0.1) is 11.4 Å². The zero-order valence-corrected chi connectivity index (χ0v) is 15.6. The number of anilines is 2. The van der Waals surface area contributed by atoms with Gasteiger partial charge in [-0.25, -0.2) is 0 Å². The van der Waals surface area contributed by atoms with Crippen molar-refractivity contribution >= 4 is 41.5 Å². The maximum absolute atomic E-state index is 12.6. The quantitative estimate of drug-likeness (QED) is 0.824. The number of para-hydroxylation sites is 2. The smallest absolute Gasteiger partial charge is 0.244 e. The van der Waals surface area contributed by atoms with E-state index in [0.717, 1.165) is 6.42 Å². The van der Waals surface area contributed by atoms with Crippen LogP contribution in [0.3, 0.4) is 0 Å². The number of benzene rings is 1. The van der Waals surface area contributed by atoms with Crippen LogP contribution < -0.4 is 16.0 Å². The molecule has 3 amide bonds. The molecular weight excluding hydrogens is 356 g/mol. The zero-order chi connectivity index (χ0) is 18.0. The average molecular weight is 381 g/mol. The van der Waals surface area contributed by atoms with E-state index in [4.69, 9.17) is 5.73 Å². The van der Waals surface area contributed by atoms with Gasteiger partial charge in [0.2, 0.25) is 17.7 Å². The van der Waals surface area contributed by atoms with Gasteiger partial charge in [-0.05, 0) is 37.9 Å². The van der Waals surface area contributed by atoms with Crippen LogP contribution in [0.1, 0.15) is 26.2 Å². The van der Waals surface area contributed by atoms with Crippen LogP contribution in [-0.4, -0.2) is 48.3 Å². The minimum Gasteiger partial charge on any atom is -0.340 e. The highest BCUT2D eigenvalue weighted by molar-refractivity contribution is 6.10. The molecule has 1 fully saturated rings. The number of carbonyl (C=O) groups is 3. The van der Waals surface area contributed by atoms with Gasteiger partial charge in [0, 0.05) is 25.4 Å². The zero-order valence-electron chi connectivity index (χ0n) is 14.8. The van der Waals surface area contributed by atoms with Gasteiger partial charge in [-0.2, -0.15) is 0 Å². The number of fused-ring (bicyclic) bond motifs is 1. The van der Waals surface area contributed by atoms with Gasteiger partial charge >= 0.3 is 0 Å². The first kappa shape index (κ1) is 20.2. The molecule has 26 heavy (non-hydrogen) atoms. The summed E-state index contributed by atoms with van der Waals surface area (Å²) in [5.41, 5.74) is 7.00. The van der Waals surface area contributed by atoms with Crippen LogP contribution in [0.25, 0.3) is 0 Å². The number of likely N-dealkylation sites (tertiary alicyclic amines) is 1. The molecule has 0 bridgehead atoms. The Morgan fingerprint density at radius 3 is 2.62 bits per heavy atom. The van der Waals surface area contributed by atoms with Crippen LogP contribution in [0, 0.1) is 5.92 Å². The summed E-state index contributed by atoms with van der Waals surface area (Å²) in [6.45, 7) is 3.24. The van der Waals surface area contributed by atoms with E-state index in [1.807, 2.05) is 17.9 Å². The molecule has 7 nitrogen and oxygen atoms in total. The summed E-state index contributed by atoms with van der Waals surface area (Å²) >= 11 is 0. The molecule has 0 saturated carbocycles. The van der Waals surface area contributed by atoms with Crippen LogP contribution in [0.4, 0.5) is 11.4 Å². The third-order valence-corrected chi connectivity index (χ3v) is 4.94. The topological polar surface area (TPSA) is 95.7 Å². The molecule has 0 aliphatic carbocycles. The van der Waals surface area contributed by atoms with Crippen LogP contribution in [0.2, 0.25) is 0 Å². The molecule has 1 aromatic rings. The summed E-state index contributed by atoms with van der Waals surface area (Å²) in [6.07, 6.45) is 1.16. The second kappa shape index (κ2) is 8.51. The van der Waals surface area contributed by atoms with E-state index in [9.17, 15) is 14.4 Å². The fourth-order valence-electron chi connectivity index (χ4n) is 3.61. The highest BCUT2D eigenvalue weighted by atomic mass is 35.5. The summed E-state index contributed by atoms with van der Waals surface area (Å²) in [6, 6.07) is 7.34. The molecule has 3 N–H and O–H groups in total. The van der Waals surface area contributed by atoms with E-state index in [2.05, 4.69) is 5.32 Å². The Hall–Kier alpha value is -2.12. The van der Waals surface area contributed by atoms with E-state index in [1.54, 1.807) is 18.2 Å². The van der Waals surface area contributed by atoms with Crippen molar-refractivity contribution in [1.82, 2.24) is 4.90 Å². The highest BCUT2D eigenvalue weighted by Crippen LogP contribution is 2.29. The Bertz CT molecular complexity index is 697. The van der Waals surface area contributed by atoms with Gasteiger partial charge in [0.15, 0.2) is 0 Å². The largest absolute Gasteiger partial charge is 0.340 e. The lowest BCUT2D eigenvalue weighted by Crippen LogP contribution is -2.42. The normalized spacial score (nSPS) is 21.7. The molecule has 1 saturated heterocycles. The number of amides is 3. The monoisotopic (exact) mass is 380 g/mol. The second-order valence-electron chi connectivity index (χ2n) is 6.78. The Morgan fingerprint density at radius 2 is 1.92 bits per heavy atom. The van der Waals surface area contributed by atoms with Gasteiger partial charge in [0.25, 0.3) is 0 Å². The van der Waals surface area contributed by atoms with Crippen LogP contribution in [-0.2, 0) is 14.4 Å². The number of halogens is 1. The molecule has 2 aliphatic rings. The number of rotatable bonds is 4. The van der Waals surface area contributed by atoms with Gasteiger partial charge < -0.3 is 20.9 Å². The molecule has 3 rings (SSSR count). The van der Waals surface area contributed by atoms with Crippen molar-refractivity contribution in [3.8, 4) is 0 Å². The van der Waals surface area contributed by atoms with Crippen molar-refractivity contribution in [2.75, 3.05) is 29.9 Å². The average Bonchev–Trinajstić information content (AvgIpc) is 2.99. The van der Waals surface area contributed by atoms with Crippen molar-refractivity contribution in [3.63, 3.8) is 0 Å². The molecule has 2 unspecified atom stereocenters. The van der Waals surface area contributed by atoms with E-state index < -0.39 is 0 Å². The minimum atomic E-state index is -0.225. The Labute approximate surface area is 159 Å². The molecule has 0 aromatic heterocycles. The summed E-state index contributed by atoms with van der Waals surface area (Å²) in [4.78, 5) is 40.1. The predicted octanol–water partition coefficient (Wildman–Crippen LogP) is 1.37. The summed E-state index contributed by atoms with van der Waals surface area (Å²) < 4.78 is 0. The SMILES string of the molecule is CC1CC(CN)CN1C(=O)CCC(=O)N1CC(=O)Nc2ccccc21.Cl. The van der Waals surface area contributed by atoms with E-state index >= 15 is 0 Å². The molecule has 1 aromatic carbocycles. The number of hydrogen-bond donors (Lipinski definition) is 2. The number of hydrogen-bond acceptors (Lipinski definition) is 4. The van der Waals surface area contributed by atoms with Crippen molar-refractivity contribution in [2.45, 2.75) is 32.2 Å². The third-order valence-electron chi connectivity index (χ3n) is 4.94. The lowest BCUT2D eigenvalue weighted by Gasteiger charge is -2.29. The second-order valence-corrected chi connectivity index (χ2v) is 6.78. The molecule has 2 heterocycles. The van der Waals surface area contributed by atoms with Gasteiger partial charge in [0.1, 0.15) is 6.54 Å². The fraction of sp³-hybridized carbons (Fsp3) is 0.500. The van der Waals surface area contributed by atoms with Gasteiger partial charge in [-0.3, -0.25) is 14.4 Å². The van der Waals surface area contributed by atoms with E-state index in [-0.39, 0.29) is 55.6 Å².